The lowest BCUT2D eigenvalue weighted by Gasteiger charge is -2.13. The number of carbonyl (C=O) groups is 1. The lowest BCUT2D eigenvalue weighted by atomic mass is 10.2. The molecule has 4 nitrogen and oxygen atoms in total. The summed E-state index contributed by atoms with van der Waals surface area (Å²) in [5, 5.41) is 14.4. The molecule has 0 radical (unpaired) electrons. The summed E-state index contributed by atoms with van der Waals surface area (Å²) in [5.74, 6) is -1.50. The number of rotatable bonds is 3. The zero-order valence-electron chi connectivity index (χ0n) is 11.7. The van der Waals surface area contributed by atoms with E-state index in [2.05, 4.69) is 5.10 Å². The molecule has 0 saturated heterocycles. The van der Waals surface area contributed by atoms with Crippen LogP contribution in [0.3, 0.4) is 0 Å². The van der Waals surface area contributed by atoms with Crippen LogP contribution in [-0.4, -0.2) is 22.0 Å². The van der Waals surface area contributed by atoms with E-state index < -0.39 is 17.7 Å². The van der Waals surface area contributed by atoms with E-state index in [1.807, 2.05) is 0 Å². The number of thioether (sulfide) groups is 1. The van der Waals surface area contributed by atoms with Gasteiger partial charge in [-0.2, -0.15) is 18.3 Å². The van der Waals surface area contributed by atoms with Crippen LogP contribution in [-0.2, 0) is 6.18 Å². The summed E-state index contributed by atoms with van der Waals surface area (Å²) in [4.78, 5) is 11.4. The topological polar surface area (TPSA) is 57.9 Å². The van der Waals surface area contributed by atoms with Crippen molar-refractivity contribution in [2.75, 3.05) is 6.26 Å². The van der Waals surface area contributed by atoms with Crippen molar-refractivity contribution in [3.63, 3.8) is 0 Å². The first-order chi connectivity index (χ1) is 10.6. The standard InChI is InChI=1S/C13H9Cl2F3N2O2S/c1-5-11(23-2)9(12(21)22)19-20(5)10-7(14)3-6(4-8(10)15)13(16,17)18/h3-4H,1-2H3,(H,21,22)/p-1. The first-order valence-electron chi connectivity index (χ1n) is 5.99. The molecular weight excluding hydrogens is 376 g/mol. The Morgan fingerprint density at radius 1 is 1.30 bits per heavy atom. The van der Waals surface area contributed by atoms with Gasteiger partial charge in [0.15, 0.2) is 0 Å². The van der Waals surface area contributed by atoms with Crippen molar-refractivity contribution < 1.29 is 23.1 Å². The summed E-state index contributed by atoms with van der Waals surface area (Å²) in [6.07, 6.45) is -2.97. The molecule has 0 fully saturated rings. The maximum Gasteiger partial charge on any atom is 0.416 e. The quantitative estimate of drug-likeness (QED) is 0.759. The number of carboxylic acids is 1. The van der Waals surface area contributed by atoms with Crippen LogP contribution in [0, 0.1) is 6.92 Å². The van der Waals surface area contributed by atoms with E-state index in [1.54, 1.807) is 13.2 Å². The van der Waals surface area contributed by atoms with Crippen LogP contribution in [0.15, 0.2) is 17.0 Å². The molecule has 0 atom stereocenters. The molecule has 124 valence electrons. The number of benzene rings is 1. The van der Waals surface area contributed by atoms with Crippen LogP contribution in [0.4, 0.5) is 13.2 Å². The fourth-order valence-electron chi connectivity index (χ4n) is 2.02. The Morgan fingerprint density at radius 2 is 1.83 bits per heavy atom. The molecule has 0 unspecified atom stereocenters. The van der Waals surface area contributed by atoms with Gasteiger partial charge in [0.25, 0.3) is 0 Å². The van der Waals surface area contributed by atoms with Gasteiger partial charge in [0.2, 0.25) is 0 Å². The van der Waals surface area contributed by atoms with E-state index >= 15 is 0 Å². The molecule has 0 N–H and O–H groups in total. The van der Waals surface area contributed by atoms with E-state index in [9.17, 15) is 23.1 Å². The van der Waals surface area contributed by atoms with Crippen LogP contribution < -0.4 is 5.11 Å². The normalized spacial score (nSPS) is 11.8. The van der Waals surface area contributed by atoms with Crippen molar-refractivity contribution >= 4 is 40.9 Å². The number of hydrogen-bond acceptors (Lipinski definition) is 4. The Morgan fingerprint density at radius 3 is 2.17 bits per heavy atom. The lowest BCUT2D eigenvalue weighted by Crippen LogP contribution is -2.23. The predicted molar refractivity (Wildman–Crippen MR) is 79.4 cm³/mol. The molecule has 10 heteroatoms. The highest BCUT2D eigenvalue weighted by Crippen LogP contribution is 2.38. The smallest absolute Gasteiger partial charge is 0.416 e. The zero-order chi connectivity index (χ0) is 17.5. The molecule has 2 rings (SSSR count). The molecule has 1 heterocycles. The largest absolute Gasteiger partial charge is 0.543 e. The third-order valence-corrected chi connectivity index (χ3v) is 4.49. The molecule has 0 amide bonds. The number of carbonyl (C=O) groups excluding carboxylic acids is 1. The van der Waals surface area contributed by atoms with E-state index in [4.69, 9.17) is 23.2 Å². The van der Waals surface area contributed by atoms with Gasteiger partial charge in [-0.3, -0.25) is 0 Å². The average Bonchev–Trinajstić information content (AvgIpc) is 2.74. The maximum absolute atomic E-state index is 12.8. The number of aromatic nitrogens is 2. The SMILES string of the molecule is CSc1c(C(=O)[O-])nn(-c2c(Cl)cc(C(F)(F)F)cc2Cl)c1C. The molecule has 0 aliphatic carbocycles. The molecule has 0 spiro atoms. The minimum absolute atomic E-state index is 0.0263. The van der Waals surface area contributed by atoms with Crippen LogP contribution in [0.5, 0.6) is 0 Å². The first kappa shape index (κ1) is 18.0. The van der Waals surface area contributed by atoms with Crippen molar-refractivity contribution in [1.29, 1.82) is 0 Å². The Hall–Kier alpha value is -1.38. The molecule has 0 aliphatic rings. The highest BCUT2D eigenvalue weighted by molar-refractivity contribution is 7.98. The fraction of sp³-hybridized carbons (Fsp3) is 0.231. The number of nitrogens with zero attached hydrogens (tertiary/aromatic N) is 2. The Balaban J connectivity index is 2.71. The van der Waals surface area contributed by atoms with Crippen LogP contribution >= 0.6 is 35.0 Å². The van der Waals surface area contributed by atoms with E-state index in [1.165, 1.54) is 0 Å². The van der Waals surface area contributed by atoms with Gasteiger partial charge >= 0.3 is 6.18 Å². The number of hydrogen-bond donors (Lipinski definition) is 0. The van der Waals surface area contributed by atoms with Gasteiger partial charge in [0, 0.05) is 0 Å². The van der Waals surface area contributed by atoms with Gasteiger partial charge in [-0.25, -0.2) is 4.68 Å². The van der Waals surface area contributed by atoms with Gasteiger partial charge in [-0.1, -0.05) is 23.2 Å². The fourth-order valence-corrected chi connectivity index (χ4v) is 3.36. The lowest BCUT2D eigenvalue weighted by molar-refractivity contribution is -0.255. The molecule has 0 aliphatic heterocycles. The van der Waals surface area contributed by atoms with Crippen LogP contribution in [0.2, 0.25) is 10.0 Å². The van der Waals surface area contributed by atoms with Crippen molar-refractivity contribution in [3.8, 4) is 5.69 Å². The van der Waals surface area contributed by atoms with Gasteiger partial charge in [-0.15, -0.1) is 11.8 Å². The molecule has 2 aromatic rings. The number of alkyl halides is 3. The summed E-state index contributed by atoms with van der Waals surface area (Å²) in [6.45, 7) is 1.55. The van der Waals surface area contributed by atoms with Crippen LogP contribution in [0.1, 0.15) is 21.7 Å². The number of carboxylic acid groups (broad SMARTS) is 1. The molecule has 23 heavy (non-hydrogen) atoms. The Kier molecular flexibility index (Phi) is 4.89. The summed E-state index contributed by atoms with van der Waals surface area (Å²) in [5.41, 5.74) is -0.991. The molecule has 1 aromatic carbocycles. The van der Waals surface area contributed by atoms with Crippen molar-refractivity contribution in [3.05, 3.63) is 39.1 Å². The second-order valence-corrected chi connectivity index (χ2v) is 6.08. The summed E-state index contributed by atoms with van der Waals surface area (Å²) < 4.78 is 39.4. The van der Waals surface area contributed by atoms with Gasteiger partial charge in [0.1, 0.15) is 11.4 Å². The highest BCUT2D eigenvalue weighted by atomic mass is 35.5. The van der Waals surface area contributed by atoms with Crippen molar-refractivity contribution in [1.82, 2.24) is 9.78 Å². The van der Waals surface area contributed by atoms with E-state index in [0.717, 1.165) is 16.4 Å². The third-order valence-electron chi connectivity index (χ3n) is 3.01. The van der Waals surface area contributed by atoms with Gasteiger partial charge in [-0.05, 0) is 25.3 Å². The average molecular weight is 384 g/mol. The second-order valence-electron chi connectivity index (χ2n) is 4.45. The predicted octanol–water partition coefficient (Wildman–Crippen LogP) is 3.59. The summed E-state index contributed by atoms with van der Waals surface area (Å²) in [6, 6.07) is 1.42. The maximum atomic E-state index is 12.8. The van der Waals surface area contributed by atoms with Gasteiger partial charge in [0.05, 0.1) is 32.2 Å². The summed E-state index contributed by atoms with van der Waals surface area (Å²) in [7, 11) is 0. The van der Waals surface area contributed by atoms with Gasteiger partial charge < -0.3 is 9.90 Å². The molecule has 1 aromatic heterocycles. The molecule has 0 bridgehead atoms. The second kappa shape index (κ2) is 6.26. The number of halogens is 5. The minimum atomic E-state index is -4.61. The molecular formula is C13H8Cl2F3N2O2S-. The van der Waals surface area contributed by atoms with E-state index in [0.29, 0.717) is 22.7 Å². The third kappa shape index (κ3) is 3.29. The summed E-state index contributed by atoms with van der Waals surface area (Å²) >= 11 is 12.9. The van der Waals surface area contributed by atoms with Crippen molar-refractivity contribution in [2.24, 2.45) is 0 Å². The van der Waals surface area contributed by atoms with Crippen LogP contribution in [0.25, 0.3) is 5.69 Å². The molecule has 0 saturated carbocycles. The van der Waals surface area contributed by atoms with E-state index in [-0.39, 0.29) is 21.4 Å². The highest BCUT2D eigenvalue weighted by Gasteiger charge is 2.32. The van der Waals surface area contributed by atoms with Crippen molar-refractivity contribution in [2.45, 2.75) is 18.0 Å². The Labute approximate surface area is 143 Å². The zero-order valence-corrected chi connectivity index (χ0v) is 14.0. The monoisotopic (exact) mass is 383 g/mol. The Bertz CT molecular complexity index is 767. The minimum Gasteiger partial charge on any atom is -0.543 e. The first-order valence-corrected chi connectivity index (χ1v) is 7.97. The number of aromatic carboxylic acids is 1.